The Labute approximate surface area is 106 Å². The minimum atomic E-state index is 0.575. The summed E-state index contributed by atoms with van der Waals surface area (Å²) in [5, 5.41) is 2.38. The number of nitrogens with zero attached hydrogens (tertiary/aromatic N) is 1. The van der Waals surface area contributed by atoms with Crippen LogP contribution in [0.25, 0.3) is 22.0 Å². The third-order valence-electron chi connectivity index (χ3n) is 3.12. The number of benzene rings is 2. The first kappa shape index (κ1) is 10.9. The molecule has 0 saturated heterocycles. The molecule has 0 aliphatic carbocycles. The van der Waals surface area contributed by atoms with Crippen molar-refractivity contribution in [2.24, 2.45) is 5.73 Å². The summed E-state index contributed by atoms with van der Waals surface area (Å²) < 4.78 is 0. The molecule has 0 radical (unpaired) electrons. The zero-order valence-corrected chi connectivity index (χ0v) is 10.0. The predicted octanol–water partition coefficient (Wildman–Crippen LogP) is 3.36. The zero-order chi connectivity index (χ0) is 12.4. The first-order valence-corrected chi connectivity index (χ1v) is 6.01. The van der Waals surface area contributed by atoms with Crippen LogP contribution in [0.15, 0.2) is 60.8 Å². The Kier molecular flexibility index (Phi) is 2.79. The van der Waals surface area contributed by atoms with Crippen LogP contribution in [0.2, 0.25) is 0 Å². The summed E-state index contributed by atoms with van der Waals surface area (Å²) in [6.07, 6.45) is 1.92. The fraction of sp³-hybridized carbons (Fsp3) is 0.0625. The Morgan fingerprint density at radius 2 is 1.61 bits per heavy atom. The molecule has 3 rings (SSSR count). The summed E-state index contributed by atoms with van der Waals surface area (Å²) in [5.41, 5.74) is 8.86. The van der Waals surface area contributed by atoms with Crippen LogP contribution in [-0.2, 0) is 6.54 Å². The standard InChI is InChI=1S/C16H14N2/c17-10-12-5-7-13(8-6-12)16-9-14-3-1-2-4-15(14)11-18-16/h1-9,11H,10,17H2. The van der Waals surface area contributed by atoms with E-state index in [0.717, 1.165) is 16.8 Å². The first-order valence-electron chi connectivity index (χ1n) is 6.01. The molecule has 0 atom stereocenters. The number of pyridine rings is 1. The van der Waals surface area contributed by atoms with Crippen molar-refractivity contribution in [1.29, 1.82) is 0 Å². The lowest BCUT2D eigenvalue weighted by atomic mass is 10.1. The lowest BCUT2D eigenvalue weighted by Gasteiger charge is -2.04. The molecule has 2 heteroatoms. The van der Waals surface area contributed by atoms with E-state index in [1.54, 1.807) is 0 Å². The fourth-order valence-corrected chi connectivity index (χ4v) is 2.05. The van der Waals surface area contributed by atoms with Gasteiger partial charge in [-0.25, -0.2) is 0 Å². The molecule has 88 valence electrons. The monoisotopic (exact) mass is 234 g/mol. The van der Waals surface area contributed by atoms with Gasteiger partial charge in [0.2, 0.25) is 0 Å². The molecule has 0 fully saturated rings. The summed E-state index contributed by atoms with van der Waals surface area (Å²) in [5.74, 6) is 0. The average Bonchev–Trinajstić information content (AvgIpc) is 2.47. The molecule has 2 nitrogen and oxygen atoms in total. The number of rotatable bonds is 2. The van der Waals surface area contributed by atoms with Gasteiger partial charge in [-0.1, -0.05) is 48.5 Å². The van der Waals surface area contributed by atoms with Gasteiger partial charge in [-0.05, 0) is 17.0 Å². The van der Waals surface area contributed by atoms with Crippen LogP contribution >= 0.6 is 0 Å². The quantitative estimate of drug-likeness (QED) is 0.738. The fourth-order valence-electron chi connectivity index (χ4n) is 2.05. The van der Waals surface area contributed by atoms with Crippen molar-refractivity contribution in [3.8, 4) is 11.3 Å². The molecular formula is C16H14N2. The van der Waals surface area contributed by atoms with E-state index < -0.39 is 0 Å². The van der Waals surface area contributed by atoms with Crippen LogP contribution < -0.4 is 5.73 Å². The highest BCUT2D eigenvalue weighted by Crippen LogP contribution is 2.22. The summed E-state index contributed by atoms with van der Waals surface area (Å²) in [7, 11) is 0. The van der Waals surface area contributed by atoms with E-state index in [1.165, 1.54) is 10.8 Å². The Balaban J connectivity index is 2.07. The highest BCUT2D eigenvalue weighted by molar-refractivity contribution is 5.85. The number of fused-ring (bicyclic) bond motifs is 1. The van der Waals surface area contributed by atoms with Crippen LogP contribution in [-0.4, -0.2) is 4.98 Å². The molecule has 1 heterocycles. The van der Waals surface area contributed by atoms with Gasteiger partial charge in [-0.2, -0.15) is 0 Å². The normalized spacial score (nSPS) is 10.7. The maximum absolute atomic E-state index is 5.60. The second-order valence-corrected chi connectivity index (χ2v) is 4.32. The molecule has 0 aliphatic rings. The van der Waals surface area contributed by atoms with Gasteiger partial charge in [0.1, 0.15) is 0 Å². The summed E-state index contributed by atoms with van der Waals surface area (Å²) in [4.78, 5) is 4.50. The van der Waals surface area contributed by atoms with Gasteiger partial charge >= 0.3 is 0 Å². The smallest absolute Gasteiger partial charge is 0.0708 e. The lowest BCUT2D eigenvalue weighted by Crippen LogP contribution is -1.95. The number of aromatic nitrogens is 1. The molecule has 0 spiro atoms. The van der Waals surface area contributed by atoms with Crippen LogP contribution in [0.1, 0.15) is 5.56 Å². The molecule has 0 unspecified atom stereocenters. The van der Waals surface area contributed by atoms with E-state index in [2.05, 4.69) is 35.3 Å². The molecule has 0 aliphatic heterocycles. The van der Waals surface area contributed by atoms with Gasteiger partial charge in [0.15, 0.2) is 0 Å². The van der Waals surface area contributed by atoms with E-state index in [9.17, 15) is 0 Å². The molecule has 2 N–H and O–H groups in total. The van der Waals surface area contributed by atoms with Crippen LogP contribution in [0.4, 0.5) is 0 Å². The highest BCUT2D eigenvalue weighted by atomic mass is 14.7. The van der Waals surface area contributed by atoms with Crippen molar-refractivity contribution >= 4 is 10.8 Å². The minimum absolute atomic E-state index is 0.575. The maximum Gasteiger partial charge on any atom is 0.0708 e. The van der Waals surface area contributed by atoms with Gasteiger partial charge in [0, 0.05) is 23.7 Å². The second kappa shape index (κ2) is 4.59. The molecule has 0 saturated carbocycles. The lowest BCUT2D eigenvalue weighted by molar-refractivity contribution is 1.07. The number of hydrogen-bond acceptors (Lipinski definition) is 2. The Morgan fingerprint density at radius 3 is 2.33 bits per heavy atom. The molecule has 18 heavy (non-hydrogen) atoms. The van der Waals surface area contributed by atoms with Crippen molar-refractivity contribution in [1.82, 2.24) is 4.98 Å². The molecule has 0 amide bonds. The number of hydrogen-bond donors (Lipinski definition) is 1. The van der Waals surface area contributed by atoms with Crippen molar-refractivity contribution < 1.29 is 0 Å². The molecule has 2 aromatic carbocycles. The van der Waals surface area contributed by atoms with Crippen LogP contribution in [0.3, 0.4) is 0 Å². The Morgan fingerprint density at radius 1 is 0.889 bits per heavy atom. The largest absolute Gasteiger partial charge is 0.326 e. The van der Waals surface area contributed by atoms with Gasteiger partial charge in [-0.15, -0.1) is 0 Å². The van der Waals surface area contributed by atoms with E-state index in [4.69, 9.17) is 5.73 Å². The predicted molar refractivity (Wildman–Crippen MR) is 75.1 cm³/mol. The van der Waals surface area contributed by atoms with E-state index in [0.29, 0.717) is 6.54 Å². The summed E-state index contributed by atoms with van der Waals surface area (Å²) in [6.45, 7) is 0.575. The van der Waals surface area contributed by atoms with Crippen molar-refractivity contribution in [3.05, 3.63) is 66.4 Å². The topological polar surface area (TPSA) is 38.9 Å². The van der Waals surface area contributed by atoms with Gasteiger partial charge in [0.05, 0.1) is 5.69 Å². The third-order valence-corrected chi connectivity index (χ3v) is 3.12. The number of nitrogens with two attached hydrogens (primary N) is 1. The van der Waals surface area contributed by atoms with Gasteiger partial charge in [0.25, 0.3) is 0 Å². The second-order valence-electron chi connectivity index (χ2n) is 4.32. The van der Waals surface area contributed by atoms with E-state index in [1.807, 2.05) is 30.5 Å². The van der Waals surface area contributed by atoms with Gasteiger partial charge < -0.3 is 5.73 Å². The Bertz CT molecular complexity index is 672. The van der Waals surface area contributed by atoms with E-state index in [-0.39, 0.29) is 0 Å². The molecular weight excluding hydrogens is 220 g/mol. The zero-order valence-electron chi connectivity index (χ0n) is 10.0. The van der Waals surface area contributed by atoms with E-state index >= 15 is 0 Å². The Hall–Kier alpha value is -2.19. The maximum atomic E-state index is 5.60. The van der Waals surface area contributed by atoms with Crippen LogP contribution in [0, 0.1) is 0 Å². The van der Waals surface area contributed by atoms with Gasteiger partial charge in [-0.3, -0.25) is 4.98 Å². The molecule has 1 aromatic heterocycles. The van der Waals surface area contributed by atoms with Crippen LogP contribution in [0.5, 0.6) is 0 Å². The SMILES string of the molecule is NCc1ccc(-c2cc3ccccc3cn2)cc1. The first-order chi connectivity index (χ1) is 8.86. The van der Waals surface area contributed by atoms with Crippen molar-refractivity contribution in [3.63, 3.8) is 0 Å². The molecule has 3 aromatic rings. The average molecular weight is 234 g/mol. The summed E-state index contributed by atoms with van der Waals surface area (Å²) >= 11 is 0. The minimum Gasteiger partial charge on any atom is -0.326 e. The van der Waals surface area contributed by atoms with Crippen molar-refractivity contribution in [2.45, 2.75) is 6.54 Å². The third kappa shape index (κ3) is 1.98. The summed E-state index contributed by atoms with van der Waals surface area (Å²) in [6, 6.07) is 18.6. The molecule has 0 bridgehead atoms. The van der Waals surface area contributed by atoms with Crippen molar-refractivity contribution in [2.75, 3.05) is 0 Å². The highest BCUT2D eigenvalue weighted by Gasteiger charge is 2.01.